The van der Waals surface area contributed by atoms with Crippen LogP contribution in [0.5, 0.6) is 0 Å². The van der Waals surface area contributed by atoms with E-state index in [1.807, 2.05) is 6.07 Å². The van der Waals surface area contributed by atoms with E-state index >= 15 is 0 Å². The van der Waals surface area contributed by atoms with Gasteiger partial charge in [-0.15, -0.1) is 11.3 Å². The van der Waals surface area contributed by atoms with Crippen LogP contribution in [-0.2, 0) is 16.4 Å². The Kier molecular flexibility index (Phi) is 4.03. The van der Waals surface area contributed by atoms with Crippen molar-refractivity contribution in [2.24, 2.45) is 5.14 Å². The molecular weight excluding hydrogens is 332 g/mol. The number of primary sulfonamides is 1. The van der Waals surface area contributed by atoms with Gasteiger partial charge >= 0.3 is 0 Å². The van der Waals surface area contributed by atoms with Gasteiger partial charge in [-0.1, -0.05) is 23.8 Å². The number of carbonyl (C=O) groups excluding carboxylic acids is 1. The molecule has 1 amide bonds. The van der Waals surface area contributed by atoms with E-state index in [1.165, 1.54) is 17.2 Å². The highest BCUT2D eigenvalue weighted by Crippen LogP contribution is 2.33. The van der Waals surface area contributed by atoms with Crippen LogP contribution in [-0.4, -0.2) is 14.3 Å². The summed E-state index contributed by atoms with van der Waals surface area (Å²) in [4.78, 5) is 12.9. The summed E-state index contributed by atoms with van der Waals surface area (Å²) in [6.45, 7) is 3.77. The largest absolute Gasteiger partial charge is 0.345 e. The van der Waals surface area contributed by atoms with Crippen molar-refractivity contribution in [3.05, 3.63) is 51.4 Å². The summed E-state index contributed by atoms with van der Waals surface area (Å²) < 4.78 is 22.9. The molecular formula is C16H18N2O3S2. The highest BCUT2D eigenvalue weighted by Gasteiger charge is 2.26. The van der Waals surface area contributed by atoms with E-state index < -0.39 is 10.0 Å². The second kappa shape index (κ2) is 5.74. The maximum absolute atomic E-state index is 12.5. The molecule has 122 valence electrons. The molecule has 1 aromatic carbocycles. The summed E-state index contributed by atoms with van der Waals surface area (Å²) in [5.74, 6) is -0.249. The molecule has 2 aromatic rings. The van der Waals surface area contributed by atoms with Crippen LogP contribution >= 0.6 is 11.3 Å². The molecule has 1 aliphatic rings. The average Bonchev–Trinajstić information content (AvgIpc) is 3.02. The van der Waals surface area contributed by atoms with E-state index in [1.54, 1.807) is 6.92 Å². The Hall–Kier alpha value is -1.70. The fourth-order valence-corrected chi connectivity index (χ4v) is 4.80. The van der Waals surface area contributed by atoms with Gasteiger partial charge in [0.05, 0.1) is 10.9 Å². The lowest BCUT2D eigenvalue weighted by atomic mass is 10.1. The zero-order valence-corrected chi connectivity index (χ0v) is 14.6. The van der Waals surface area contributed by atoms with Gasteiger partial charge in [-0.2, -0.15) is 0 Å². The number of rotatable bonds is 3. The van der Waals surface area contributed by atoms with Gasteiger partial charge < -0.3 is 5.32 Å². The third kappa shape index (κ3) is 3.17. The molecule has 0 unspecified atom stereocenters. The molecule has 0 saturated carbocycles. The maximum Gasteiger partial charge on any atom is 0.262 e. The molecule has 5 nitrogen and oxygen atoms in total. The third-order valence-electron chi connectivity index (χ3n) is 4.06. The molecule has 0 saturated heterocycles. The van der Waals surface area contributed by atoms with E-state index in [2.05, 4.69) is 24.4 Å². The fourth-order valence-electron chi connectivity index (χ4n) is 2.94. The first-order valence-electron chi connectivity index (χ1n) is 7.29. The molecule has 1 heterocycles. The molecule has 0 bridgehead atoms. The van der Waals surface area contributed by atoms with Crippen molar-refractivity contribution in [3.63, 3.8) is 0 Å². The topological polar surface area (TPSA) is 89.3 Å². The predicted molar refractivity (Wildman–Crippen MR) is 90.1 cm³/mol. The van der Waals surface area contributed by atoms with Crippen LogP contribution in [0.1, 0.15) is 44.4 Å². The molecule has 0 spiro atoms. The minimum Gasteiger partial charge on any atom is -0.345 e. The summed E-state index contributed by atoms with van der Waals surface area (Å²) in [6, 6.07) is 7.66. The Morgan fingerprint density at radius 2 is 2.04 bits per heavy atom. The molecule has 1 aromatic heterocycles. The Labute approximate surface area is 139 Å². The Morgan fingerprint density at radius 3 is 2.70 bits per heavy atom. The van der Waals surface area contributed by atoms with Gasteiger partial charge in [-0.3, -0.25) is 4.79 Å². The molecule has 0 radical (unpaired) electrons. The number of fused-ring (bicyclic) bond motifs is 1. The molecule has 3 N–H and O–H groups in total. The summed E-state index contributed by atoms with van der Waals surface area (Å²) in [5.41, 5.74) is 4.24. The quantitative estimate of drug-likeness (QED) is 0.891. The minimum atomic E-state index is -3.78. The van der Waals surface area contributed by atoms with Gasteiger partial charge in [0.2, 0.25) is 10.0 Å². The predicted octanol–water partition coefficient (Wildman–Crippen LogP) is 2.43. The molecule has 0 aliphatic heterocycles. The van der Waals surface area contributed by atoms with Crippen LogP contribution in [0.25, 0.3) is 0 Å². The normalized spacial score (nSPS) is 17.1. The number of aryl methyl sites for hydroxylation is 3. The standard InChI is InChI=1S/C16H18N2O3S2/c1-9-3-5-12-11(7-9)4-6-13(12)18-16(19)15-10(2)8-14(22-15)23(17,20)21/h3,5,7-8,13H,4,6H2,1-2H3,(H,18,19)(H2,17,20,21)/t13-/m1/s1. The lowest BCUT2D eigenvalue weighted by Crippen LogP contribution is -2.26. The Morgan fingerprint density at radius 1 is 1.30 bits per heavy atom. The summed E-state index contributed by atoms with van der Waals surface area (Å²) in [5, 5.41) is 8.14. The Balaban J connectivity index is 1.83. The first-order valence-corrected chi connectivity index (χ1v) is 9.65. The molecule has 0 fully saturated rings. The van der Waals surface area contributed by atoms with E-state index in [0.29, 0.717) is 10.4 Å². The zero-order chi connectivity index (χ0) is 16.8. The molecule has 1 aliphatic carbocycles. The number of sulfonamides is 1. The first kappa shape index (κ1) is 16.2. The van der Waals surface area contributed by atoms with Gasteiger partial charge in [0.25, 0.3) is 5.91 Å². The average molecular weight is 350 g/mol. The van der Waals surface area contributed by atoms with Gasteiger partial charge in [0, 0.05) is 0 Å². The number of nitrogens with one attached hydrogen (secondary N) is 1. The number of thiophene rings is 1. The first-order chi connectivity index (χ1) is 10.8. The van der Waals surface area contributed by atoms with Gasteiger partial charge in [0.1, 0.15) is 4.21 Å². The smallest absolute Gasteiger partial charge is 0.262 e. The number of amides is 1. The lowest BCUT2D eigenvalue weighted by molar-refractivity contribution is 0.0940. The Bertz CT molecular complexity index is 885. The van der Waals surface area contributed by atoms with Crippen LogP contribution < -0.4 is 10.5 Å². The van der Waals surface area contributed by atoms with Crippen LogP contribution in [0.2, 0.25) is 0 Å². The summed E-state index contributed by atoms with van der Waals surface area (Å²) in [7, 11) is -3.78. The van der Waals surface area contributed by atoms with Gasteiger partial charge in [0.15, 0.2) is 0 Å². The van der Waals surface area contributed by atoms with Crippen LogP contribution in [0, 0.1) is 13.8 Å². The van der Waals surface area contributed by atoms with Crippen LogP contribution in [0.3, 0.4) is 0 Å². The van der Waals surface area contributed by atoms with Crippen LogP contribution in [0.15, 0.2) is 28.5 Å². The second-order valence-electron chi connectivity index (χ2n) is 5.89. The van der Waals surface area contributed by atoms with E-state index in [4.69, 9.17) is 5.14 Å². The SMILES string of the molecule is Cc1ccc2c(c1)CC[C@H]2NC(=O)c1sc(S(N)(=O)=O)cc1C. The summed E-state index contributed by atoms with van der Waals surface area (Å²) in [6.07, 6.45) is 1.80. The molecule has 7 heteroatoms. The van der Waals surface area contributed by atoms with Crippen molar-refractivity contribution >= 4 is 27.3 Å². The molecule has 23 heavy (non-hydrogen) atoms. The highest BCUT2D eigenvalue weighted by molar-refractivity contribution is 7.91. The van der Waals surface area contributed by atoms with Gasteiger partial charge in [-0.05, 0) is 49.4 Å². The highest BCUT2D eigenvalue weighted by atomic mass is 32.2. The number of hydrogen-bond donors (Lipinski definition) is 2. The van der Waals surface area contributed by atoms with Crippen molar-refractivity contribution in [2.45, 2.75) is 36.9 Å². The van der Waals surface area contributed by atoms with Crippen molar-refractivity contribution < 1.29 is 13.2 Å². The monoisotopic (exact) mass is 350 g/mol. The number of benzene rings is 1. The zero-order valence-electron chi connectivity index (χ0n) is 12.9. The van der Waals surface area contributed by atoms with E-state index in [-0.39, 0.29) is 16.2 Å². The maximum atomic E-state index is 12.5. The number of carbonyl (C=O) groups is 1. The second-order valence-corrected chi connectivity index (χ2v) is 8.73. The minimum absolute atomic E-state index is 0.0163. The van der Waals surface area contributed by atoms with Crippen molar-refractivity contribution in [2.75, 3.05) is 0 Å². The summed E-state index contributed by atoms with van der Waals surface area (Å²) >= 11 is 0.917. The molecule has 3 rings (SSSR count). The van der Waals surface area contributed by atoms with Gasteiger partial charge in [-0.25, -0.2) is 13.6 Å². The van der Waals surface area contributed by atoms with Crippen molar-refractivity contribution in [3.8, 4) is 0 Å². The van der Waals surface area contributed by atoms with E-state index in [0.717, 1.165) is 29.7 Å². The third-order valence-corrected chi connectivity index (χ3v) is 6.72. The number of hydrogen-bond acceptors (Lipinski definition) is 4. The lowest BCUT2D eigenvalue weighted by Gasteiger charge is -2.14. The number of nitrogens with two attached hydrogens (primary N) is 1. The van der Waals surface area contributed by atoms with Crippen molar-refractivity contribution in [1.29, 1.82) is 0 Å². The fraction of sp³-hybridized carbons (Fsp3) is 0.312. The van der Waals surface area contributed by atoms with Crippen molar-refractivity contribution in [1.82, 2.24) is 5.32 Å². The van der Waals surface area contributed by atoms with Crippen LogP contribution in [0.4, 0.5) is 0 Å². The molecule has 1 atom stereocenters. The van der Waals surface area contributed by atoms with E-state index in [9.17, 15) is 13.2 Å².